The highest BCUT2D eigenvalue weighted by molar-refractivity contribution is 8.02. The average Bonchev–Trinajstić information content (AvgIpc) is 3.30. The number of carboxylic acids is 1. The summed E-state index contributed by atoms with van der Waals surface area (Å²) < 4.78 is 3.97. The van der Waals surface area contributed by atoms with E-state index in [0.29, 0.717) is 11.3 Å². The molecule has 2 amide bonds. The van der Waals surface area contributed by atoms with Crippen molar-refractivity contribution >= 4 is 63.7 Å². The number of carbonyl (C=O) groups excluding carboxylic acids is 2. The summed E-state index contributed by atoms with van der Waals surface area (Å²) in [6.45, 7) is 3.54. The lowest BCUT2D eigenvalue weighted by molar-refractivity contribution is -0.150. The molecule has 2 atom stereocenters. The molecule has 4 N–H and O–H groups in total. The first kappa shape index (κ1) is 25.4. The Balaban J connectivity index is 1.49. The van der Waals surface area contributed by atoms with Crippen LogP contribution in [0.25, 0.3) is 0 Å². The molecule has 2 aliphatic rings. The Morgan fingerprint density at radius 1 is 1.47 bits per heavy atom. The number of thioether (sulfide) groups is 2. The predicted molar refractivity (Wildman–Crippen MR) is 136 cm³/mol. The number of nitrogens with one attached hydrogen (secondary N) is 1. The Kier molecular flexibility index (Phi) is 8.02. The molecule has 0 spiro atoms. The van der Waals surface area contributed by atoms with E-state index in [4.69, 9.17) is 10.6 Å². The molecule has 0 bridgehead atoms. The zero-order valence-electron chi connectivity index (χ0n) is 18.4. The van der Waals surface area contributed by atoms with Crippen LogP contribution in [-0.4, -0.2) is 71.6 Å². The molecule has 2 aliphatic heterocycles. The molecule has 0 aromatic carbocycles. The summed E-state index contributed by atoms with van der Waals surface area (Å²) in [4.78, 5) is 53.0. The van der Waals surface area contributed by atoms with E-state index in [1.54, 1.807) is 29.9 Å². The first-order chi connectivity index (χ1) is 17.4. The molecular formula is C21H19N7O5S3. The number of carbonyl (C=O) groups is 3. The van der Waals surface area contributed by atoms with Crippen molar-refractivity contribution in [2.45, 2.75) is 16.3 Å². The number of nitrogen functional groups attached to an aromatic ring is 1. The Hall–Kier alpha value is -3.69. The highest BCUT2D eigenvalue weighted by Gasteiger charge is 2.54. The van der Waals surface area contributed by atoms with Gasteiger partial charge in [0.1, 0.15) is 23.7 Å². The van der Waals surface area contributed by atoms with Crippen LogP contribution in [0.4, 0.5) is 5.13 Å². The summed E-state index contributed by atoms with van der Waals surface area (Å²) in [5, 5.41) is 17.5. The van der Waals surface area contributed by atoms with Crippen molar-refractivity contribution in [3.63, 3.8) is 0 Å². The number of anilines is 1. The van der Waals surface area contributed by atoms with Gasteiger partial charge < -0.3 is 21.0 Å². The SMILES string of the molecule is C=CCON=C(C(=O)NC1C(=O)N2C(C(=O)O)=C(C=CSc3cccnc3)CS[C@H]12)c1nsc(N)n1. The van der Waals surface area contributed by atoms with E-state index in [-0.39, 0.29) is 29.0 Å². The smallest absolute Gasteiger partial charge is 0.352 e. The van der Waals surface area contributed by atoms with Gasteiger partial charge in [-0.05, 0) is 29.2 Å². The second-order valence-corrected chi connectivity index (χ2v) is 10.00. The monoisotopic (exact) mass is 545 g/mol. The second-order valence-electron chi connectivity index (χ2n) is 7.13. The van der Waals surface area contributed by atoms with E-state index in [1.165, 1.54) is 34.5 Å². The van der Waals surface area contributed by atoms with Crippen LogP contribution < -0.4 is 11.1 Å². The zero-order chi connectivity index (χ0) is 25.7. The van der Waals surface area contributed by atoms with Crippen LogP contribution in [0.1, 0.15) is 5.82 Å². The molecule has 4 heterocycles. The Bertz CT molecular complexity index is 1280. The van der Waals surface area contributed by atoms with Gasteiger partial charge >= 0.3 is 5.97 Å². The number of oxime groups is 1. The van der Waals surface area contributed by atoms with Gasteiger partial charge in [0.15, 0.2) is 5.13 Å². The molecule has 1 fully saturated rings. The number of carboxylic acid groups (broad SMARTS) is 1. The van der Waals surface area contributed by atoms with Crippen molar-refractivity contribution in [3.8, 4) is 0 Å². The van der Waals surface area contributed by atoms with E-state index in [0.717, 1.165) is 16.4 Å². The molecule has 186 valence electrons. The van der Waals surface area contributed by atoms with Crippen LogP contribution in [0, 0.1) is 0 Å². The van der Waals surface area contributed by atoms with Gasteiger partial charge in [-0.15, -0.1) is 11.8 Å². The Morgan fingerprint density at radius 2 is 2.31 bits per heavy atom. The van der Waals surface area contributed by atoms with E-state index in [9.17, 15) is 19.5 Å². The molecule has 36 heavy (non-hydrogen) atoms. The number of nitrogens with two attached hydrogens (primary N) is 1. The molecule has 15 heteroatoms. The lowest BCUT2D eigenvalue weighted by Gasteiger charge is -2.49. The number of rotatable bonds is 10. The minimum absolute atomic E-state index is 0.0349. The number of fused-ring (bicyclic) bond motifs is 1. The highest BCUT2D eigenvalue weighted by Crippen LogP contribution is 2.41. The number of aromatic nitrogens is 3. The van der Waals surface area contributed by atoms with Gasteiger partial charge in [0, 0.05) is 34.6 Å². The minimum Gasteiger partial charge on any atom is -0.477 e. The first-order valence-corrected chi connectivity index (χ1v) is 13.0. The predicted octanol–water partition coefficient (Wildman–Crippen LogP) is 1.47. The fourth-order valence-corrected chi connectivity index (χ4v) is 5.68. The van der Waals surface area contributed by atoms with Crippen molar-refractivity contribution in [1.82, 2.24) is 24.6 Å². The average molecular weight is 546 g/mol. The van der Waals surface area contributed by atoms with Crippen molar-refractivity contribution < 1.29 is 24.3 Å². The topological polar surface area (TPSA) is 173 Å². The van der Waals surface area contributed by atoms with Gasteiger partial charge in [0.05, 0.1) is 0 Å². The molecule has 2 aromatic heterocycles. The van der Waals surface area contributed by atoms with E-state index in [1.807, 2.05) is 6.07 Å². The van der Waals surface area contributed by atoms with Gasteiger partial charge in [-0.3, -0.25) is 19.5 Å². The summed E-state index contributed by atoms with van der Waals surface area (Å²) in [7, 11) is 0. The molecular weight excluding hydrogens is 526 g/mol. The van der Waals surface area contributed by atoms with Gasteiger partial charge in [-0.1, -0.05) is 29.6 Å². The van der Waals surface area contributed by atoms with Crippen LogP contribution >= 0.6 is 35.1 Å². The normalized spacial score (nSPS) is 19.6. The van der Waals surface area contributed by atoms with Crippen LogP contribution in [0.15, 0.2) is 70.0 Å². The maximum absolute atomic E-state index is 12.9. The summed E-state index contributed by atoms with van der Waals surface area (Å²) in [6.07, 6.45) is 6.46. The number of aliphatic carboxylic acids is 1. The lowest BCUT2D eigenvalue weighted by atomic mass is 10.0. The summed E-state index contributed by atoms with van der Waals surface area (Å²) >= 11 is 3.59. The van der Waals surface area contributed by atoms with Crippen molar-refractivity contribution in [1.29, 1.82) is 0 Å². The molecule has 12 nitrogen and oxygen atoms in total. The van der Waals surface area contributed by atoms with Crippen molar-refractivity contribution in [3.05, 3.63) is 65.8 Å². The number of hydrogen-bond donors (Lipinski definition) is 3. The van der Waals surface area contributed by atoms with Crippen LogP contribution in [0.3, 0.4) is 0 Å². The molecule has 0 saturated carbocycles. The maximum atomic E-state index is 12.9. The quantitative estimate of drug-likeness (QED) is 0.0985. The molecule has 2 aromatic rings. The molecule has 0 radical (unpaired) electrons. The fourth-order valence-electron chi connectivity index (χ4n) is 3.26. The van der Waals surface area contributed by atoms with E-state index < -0.39 is 29.2 Å². The highest BCUT2D eigenvalue weighted by atomic mass is 32.2. The maximum Gasteiger partial charge on any atom is 0.352 e. The van der Waals surface area contributed by atoms with Crippen molar-refractivity contribution in [2.75, 3.05) is 18.1 Å². The van der Waals surface area contributed by atoms with Gasteiger partial charge in [-0.2, -0.15) is 9.36 Å². The van der Waals surface area contributed by atoms with Crippen molar-refractivity contribution in [2.24, 2.45) is 5.16 Å². The van der Waals surface area contributed by atoms with Gasteiger partial charge in [0.25, 0.3) is 11.8 Å². The van der Waals surface area contributed by atoms with E-state index in [2.05, 4.69) is 31.4 Å². The molecule has 1 saturated heterocycles. The minimum atomic E-state index is -1.23. The lowest BCUT2D eigenvalue weighted by Crippen LogP contribution is -2.71. The van der Waals surface area contributed by atoms with Crippen LogP contribution in [-0.2, 0) is 19.2 Å². The number of pyridine rings is 1. The second kappa shape index (κ2) is 11.4. The third kappa shape index (κ3) is 5.42. The number of amides is 2. The number of β-lactam (4-membered cyclic amide) rings is 1. The zero-order valence-corrected chi connectivity index (χ0v) is 20.9. The number of nitrogens with zero attached hydrogens (tertiary/aromatic N) is 5. The first-order valence-electron chi connectivity index (χ1n) is 10.3. The third-order valence-corrected chi connectivity index (χ3v) is 7.44. The van der Waals surface area contributed by atoms with Gasteiger partial charge in [0.2, 0.25) is 11.5 Å². The fraction of sp³-hybridized carbons (Fsp3) is 0.190. The standard InChI is InChI=1S/C21H19N7O5S3/c1-2-7-33-26-13(16-25-21(22)36-27-16)17(29)24-14-18(30)28-15(20(31)32)11(10-35-19(14)28)5-8-34-12-4-3-6-23-9-12/h2-6,8-9,14,19H,1,7,10H2,(H,24,29)(H,31,32)(H2,22,25,27)/t14?,19-/m1/s1. The van der Waals surface area contributed by atoms with Crippen LogP contribution in [0.5, 0.6) is 0 Å². The third-order valence-electron chi connectivity index (χ3n) is 4.81. The largest absolute Gasteiger partial charge is 0.477 e. The summed E-state index contributed by atoms with van der Waals surface area (Å²) in [6, 6.07) is 2.71. The van der Waals surface area contributed by atoms with Gasteiger partial charge in [-0.25, -0.2) is 4.79 Å². The molecule has 1 unspecified atom stereocenters. The summed E-state index contributed by atoms with van der Waals surface area (Å²) in [5.41, 5.74) is 5.72. The number of hydrogen-bond acceptors (Lipinski definition) is 12. The Labute approximate surface area is 217 Å². The summed E-state index contributed by atoms with van der Waals surface area (Å²) in [5.74, 6) is -2.26. The Morgan fingerprint density at radius 3 is 2.97 bits per heavy atom. The molecule has 4 rings (SSSR count). The molecule has 0 aliphatic carbocycles. The van der Waals surface area contributed by atoms with Crippen LogP contribution in [0.2, 0.25) is 0 Å². The van der Waals surface area contributed by atoms with E-state index >= 15 is 0 Å². The number of allylic oxidation sites excluding steroid dienone is 1.